The first-order valence-electron chi connectivity index (χ1n) is 8.46. The molecule has 8 heteroatoms. The lowest BCUT2D eigenvalue weighted by molar-refractivity contribution is -0.142. The van der Waals surface area contributed by atoms with Crippen molar-refractivity contribution in [2.24, 2.45) is 0 Å². The Morgan fingerprint density at radius 3 is 2.31 bits per heavy atom. The summed E-state index contributed by atoms with van der Waals surface area (Å²) in [6.07, 6.45) is -7.65. The third kappa shape index (κ3) is 4.47. The highest BCUT2D eigenvalue weighted by molar-refractivity contribution is 5.86. The average Bonchev–Trinajstić information content (AvgIpc) is 3.07. The van der Waals surface area contributed by atoms with Crippen molar-refractivity contribution in [2.45, 2.75) is 51.5 Å². The Labute approximate surface area is 147 Å². The van der Waals surface area contributed by atoms with E-state index < -0.39 is 29.1 Å². The number of pyridine rings is 1. The number of fused-ring (bicyclic) bond motifs is 1. The van der Waals surface area contributed by atoms with Gasteiger partial charge in [0, 0.05) is 11.4 Å². The predicted molar refractivity (Wildman–Crippen MR) is 87.8 cm³/mol. The van der Waals surface area contributed by atoms with Gasteiger partial charge >= 0.3 is 12.4 Å². The standard InChI is InChI=1S/C16H14F6N2.C2H6/c17-15(18,19)12-5-1-4-11-9(7-10-3-2-6-23-10)8-13(16(20,21)22)24-14(11)12;1-2/h1,4-5,8,10,23H,2-3,6-7H2;1-2H3. The molecule has 1 saturated heterocycles. The summed E-state index contributed by atoms with van der Waals surface area (Å²) in [7, 11) is 0. The molecule has 0 spiro atoms. The van der Waals surface area contributed by atoms with Gasteiger partial charge in [0.1, 0.15) is 5.69 Å². The Balaban J connectivity index is 0.00000117. The van der Waals surface area contributed by atoms with Gasteiger partial charge < -0.3 is 5.32 Å². The Kier molecular flexibility index (Phi) is 6.16. The highest BCUT2D eigenvalue weighted by Gasteiger charge is 2.37. The zero-order chi connectivity index (χ0) is 19.5. The van der Waals surface area contributed by atoms with Crippen molar-refractivity contribution in [2.75, 3.05) is 6.54 Å². The Hall–Kier alpha value is -1.83. The third-order valence-electron chi connectivity index (χ3n) is 4.15. The van der Waals surface area contributed by atoms with Crippen LogP contribution in [0.3, 0.4) is 0 Å². The van der Waals surface area contributed by atoms with E-state index in [4.69, 9.17) is 0 Å². The van der Waals surface area contributed by atoms with Gasteiger partial charge in [-0.05, 0) is 43.5 Å². The minimum Gasteiger partial charge on any atom is -0.314 e. The van der Waals surface area contributed by atoms with Crippen LogP contribution in [0.4, 0.5) is 26.3 Å². The molecular weight excluding hydrogens is 358 g/mol. The Morgan fingerprint density at radius 2 is 1.77 bits per heavy atom. The minimum absolute atomic E-state index is 0.0359. The summed E-state index contributed by atoms with van der Waals surface area (Å²) in [5.41, 5.74) is -2.85. The van der Waals surface area contributed by atoms with Crippen LogP contribution in [0.5, 0.6) is 0 Å². The number of nitrogens with one attached hydrogen (secondary N) is 1. The smallest absolute Gasteiger partial charge is 0.314 e. The maximum Gasteiger partial charge on any atom is 0.433 e. The molecule has 2 nitrogen and oxygen atoms in total. The monoisotopic (exact) mass is 378 g/mol. The molecule has 1 N–H and O–H groups in total. The SMILES string of the molecule is CC.FC(F)(F)c1cc(CC2CCCN2)c2cccc(C(F)(F)F)c2n1. The highest BCUT2D eigenvalue weighted by Crippen LogP contribution is 2.38. The summed E-state index contributed by atoms with van der Waals surface area (Å²) in [4.78, 5) is 3.28. The van der Waals surface area contributed by atoms with Crippen molar-refractivity contribution in [1.29, 1.82) is 0 Å². The Bertz CT molecular complexity index is 746. The fraction of sp³-hybridized carbons (Fsp3) is 0.500. The second-order valence-corrected chi connectivity index (χ2v) is 5.86. The number of hydrogen-bond acceptors (Lipinski definition) is 2. The molecule has 0 aliphatic carbocycles. The molecule has 0 amide bonds. The number of para-hydroxylation sites is 1. The van der Waals surface area contributed by atoms with E-state index >= 15 is 0 Å². The second kappa shape index (κ2) is 7.82. The molecule has 144 valence electrons. The van der Waals surface area contributed by atoms with E-state index in [-0.39, 0.29) is 23.4 Å². The van der Waals surface area contributed by atoms with E-state index in [1.807, 2.05) is 13.8 Å². The van der Waals surface area contributed by atoms with Crippen molar-refractivity contribution in [3.05, 3.63) is 41.1 Å². The van der Waals surface area contributed by atoms with Gasteiger partial charge in [0.25, 0.3) is 0 Å². The van der Waals surface area contributed by atoms with Crippen molar-refractivity contribution in [3.8, 4) is 0 Å². The maximum absolute atomic E-state index is 13.1. The number of aromatic nitrogens is 1. The van der Waals surface area contributed by atoms with Crippen LogP contribution in [0.2, 0.25) is 0 Å². The third-order valence-corrected chi connectivity index (χ3v) is 4.15. The van der Waals surface area contributed by atoms with Gasteiger partial charge in [-0.15, -0.1) is 0 Å². The molecule has 1 aromatic heterocycles. The summed E-state index contributed by atoms with van der Waals surface area (Å²) >= 11 is 0. The molecule has 0 radical (unpaired) electrons. The fourth-order valence-electron chi connectivity index (χ4n) is 3.06. The van der Waals surface area contributed by atoms with Crippen LogP contribution in [0, 0.1) is 0 Å². The van der Waals surface area contributed by atoms with Crippen LogP contribution >= 0.6 is 0 Å². The highest BCUT2D eigenvalue weighted by atomic mass is 19.4. The first-order valence-corrected chi connectivity index (χ1v) is 8.46. The van der Waals surface area contributed by atoms with Crippen LogP contribution in [0.1, 0.15) is 43.5 Å². The molecular formula is C18H20F6N2. The largest absolute Gasteiger partial charge is 0.433 e. The van der Waals surface area contributed by atoms with E-state index in [2.05, 4.69) is 10.3 Å². The van der Waals surface area contributed by atoms with Crippen molar-refractivity contribution in [1.82, 2.24) is 10.3 Å². The first-order chi connectivity index (χ1) is 12.2. The molecule has 1 aliphatic heterocycles. The van der Waals surface area contributed by atoms with Gasteiger partial charge in [-0.3, -0.25) is 0 Å². The van der Waals surface area contributed by atoms with Crippen LogP contribution in [0.15, 0.2) is 24.3 Å². The molecule has 0 saturated carbocycles. The molecule has 2 heterocycles. The summed E-state index contributed by atoms with van der Waals surface area (Å²) in [5, 5.41) is 3.27. The minimum atomic E-state index is -4.80. The van der Waals surface area contributed by atoms with Gasteiger partial charge in [0.05, 0.1) is 11.1 Å². The lowest BCUT2D eigenvalue weighted by Gasteiger charge is -2.17. The number of benzene rings is 1. The zero-order valence-electron chi connectivity index (χ0n) is 14.4. The van der Waals surface area contributed by atoms with Gasteiger partial charge in [-0.1, -0.05) is 26.0 Å². The van der Waals surface area contributed by atoms with E-state index in [0.29, 0.717) is 0 Å². The average molecular weight is 378 g/mol. The fourth-order valence-corrected chi connectivity index (χ4v) is 3.06. The van der Waals surface area contributed by atoms with Crippen LogP contribution < -0.4 is 5.32 Å². The summed E-state index contributed by atoms with van der Waals surface area (Å²) in [6.45, 7) is 4.76. The van der Waals surface area contributed by atoms with Crippen LogP contribution in [-0.2, 0) is 18.8 Å². The van der Waals surface area contributed by atoms with Crippen molar-refractivity contribution < 1.29 is 26.3 Å². The molecule has 0 bridgehead atoms. The molecule has 3 rings (SSSR count). The maximum atomic E-state index is 13.1. The zero-order valence-corrected chi connectivity index (χ0v) is 14.4. The molecule has 1 unspecified atom stereocenters. The number of hydrogen-bond donors (Lipinski definition) is 1. The van der Waals surface area contributed by atoms with E-state index in [1.54, 1.807) is 0 Å². The van der Waals surface area contributed by atoms with Crippen LogP contribution in [0.25, 0.3) is 10.9 Å². The van der Waals surface area contributed by atoms with E-state index in [0.717, 1.165) is 31.5 Å². The quantitative estimate of drug-likeness (QED) is 0.689. The van der Waals surface area contributed by atoms with Crippen LogP contribution in [-0.4, -0.2) is 17.6 Å². The molecule has 1 fully saturated rings. The lowest BCUT2D eigenvalue weighted by Crippen LogP contribution is -2.24. The summed E-state index contributed by atoms with van der Waals surface area (Å²) in [6, 6.07) is 4.18. The van der Waals surface area contributed by atoms with E-state index in [1.165, 1.54) is 12.1 Å². The van der Waals surface area contributed by atoms with E-state index in [9.17, 15) is 26.3 Å². The van der Waals surface area contributed by atoms with Gasteiger partial charge in [0.2, 0.25) is 0 Å². The van der Waals surface area contributed by atoms with Crippen molar-refractivity contribution >= 4 is 10.9 Å². The van der Waals surface area contributed by atoms with Gasteiger partial charge in [0.15, 0.2) is 0 Å². The summed E-state index contributed by atoms with van der Waals surface area (Å²) < 4.78 is 78.7. The number of halogens is 6. The predicted octanol–water partition coefficient (Wildman–Crippen LogP) is 5.59. The Morgan fingerprint density at radius 1 is 1.08 bits per heavy atom. The summed E-state index contributed by atoms with van der Waals surface area (Å²) in [5.74, 6) is 0. The van der Waals surface area contributed by atoms with Crippen molar-refractivity contribution in [3.63, 3.8) is 0 Å². The van der Waals surface area contributed by atoms with Gasteiger partial charge in [-0.2, -0.15) is 26.3 Å². The van der Waals surface area contributed by atoms with Gasteiger partial charge in [-0.25, -0.2) is 4.98 Å². The topological polar surface area (TPSA) is 24.9 Å². The molecule has 1 atom stereocenters. The molecule has 26 heavy (non-hydrogen) atoms. The number of nitrogens with zero attached hydrogens (tertiary/aromatic N) is 1. The second-order valence-electron chi connectivity index (χ2n) is 5.86. The molecule has 1 aromatic carbocycles. The molecule has 1 aliphatic rings. The lowest BCUT2D eigenvalue weighted by atomic mass is 9.97. The molecule has 2 aromatic rings. The normalized spacial score (nSPS) is 17.9. The number of rotatable bonds is 2. The first kappa shape index (κ1) is 20.5. The number of alkyl halides is 6.